The van der Waals surface area contributed by atoms with Gasteiger partial charge in [0, 0.05) is 123 Å². The Hall–Kier alpha value is -4.30. The second-order valence-corrected chi connectivity index (χ2v) is 14.1. The SMILES string of the molecule is O=C([O-])CN(CCN(CC(=O)[O-])CC([O-])=NCCN(Cc1ccccn1)Cc1ccccn1)CCN(CC(=O)[O-])CC([O-])=NCCN(Cc1ccccn1)Cc1ccccn1.[Gd+3].[Zn+2]. The maximum absolute atomic E-state index is 13.0. The molecule has 0 aliphatic heterocycles. The van der Waals surface area contributed by atoms with Crippen LogP contribution >= 0.6 is 0 Å². The molecule has 331 valence electrons. The zero-order valence-corrected chi connectivity index (χ0v) is 40.2. The molecular formula is C42H50GdN11O8Zn. The van der Waals surface area contributed by atoms with E-state index in [2.05, 4.69) is 29.9 Å². The Labute approximate surface area is 412 Å². The monoisotopic (exact) mass is 1060 g/mol. The number of aromatic nitrogens is 4. The summed E-state index contributed by atoms with van der Waals surface area (Å²) in [6.45, 7) is 0.0977. The first-order valence-corrected chi connectivity index (χ1v) is 19.7. The van der Waals surface area contributed by atoms with E-state index in [1.54, 1.807) is 24.8 Å². The van der Waals surface area contributed by atoms with Crippen LogP contribution in [0.25, 0.3) is 0 Å². The van der Waals surface area contributed by atoms with E-state index < -0.39 is 49.3 Å². The molecule has 4 aromatic rings. The van der Waals surface area contributed by atoms with Gasteiger partial charge in [0.1, 0.15) is 0 Å². The minimum absolute atomic E-state index is 0. The van der Waals surface area contributed by atoms with Crippen LogP contribution in [0.15, 0.2) is 108 Å². The molecule has 1 radical (unpaired) electrons. The molecule has 0 fully saturated rings. The molecule has 0 N–H and O–H groups in total. The van der Waals surface area contributed by atoms with E-state index in [9.17, 15) is 39.9 Å². The molecule has 0 saturated heterocycles. The largest absolute Gasteiger partial charge is 3.00 e. The minimum Gasteiger partial charge on any atom is -0.861 e. The second kappa shape index (κ2) is 31.5. The van der Waals surface area contributed by atoms with Gasteiger partial charge in [-0.25, -0.2) is 0 Å². The molecule has 0 aliphatic rings. The number of carboxylic acid groups (broad SMARTS) is 3. The molecule has 0 saturated carbocycles. The summed E-state index contributed by atoms with van der Waals surface area (Å²) in [5.74, 6) is -5.49. The van der Waals surface area contributed by atoms with Gasteiger partial charge in [-0.3, -0.25) is 44.4 Å². The van der Waals surface area contributed by atoms with Crippen LogP contribution in [0, 0.1) is 39.9 Å². The van der Waals surface area contributed by atoms with E-state index in [1.165, 1.54) is 14.7 Å². The standard InChI is InChI=1S/C42H55N11O8.Gd.Zn/c54-38(47-17-19-50(25-34-9-1-5-13-43-34)26-35-10-2-6-14-44-35)29-52(32-41(58)59)23-21-49(31-40(56)57)22-24-53(33-42(60)61)30-39(55)48-18-20-51(27-36-11-3-7-15-45-36)28-37-12-4-8-16-46-37;;/h1-16H,17-33H2,(H,47,54)(H,48,55)(H,56,57)(H,58,59)(H,60,61);;/q;+3;+2/p-5. The molecule has 0 spiro atoms. The van der Waals surface area contributed by atoms with Crippen LogP contribution in [0.2, 0.25) is 0 Å². The summed E-state index contributed by atoms with van der Waals surface area (Å²) in [6.07, 6.45) is 6.77. The molecular weight excluding hydrogens is 1010 g/mol. The molecule has 4 rings (SSSR count). The van der Waals surface area contributed by atoms with Crippen molar-refractivity contribution in [3.8, 4) is 0 Å². The number of hydrogen-bond acceptors (Lipinski definition) is 19. The number of aliphatic carboxylic acids is 3. The first-order chi connectivity index (χ1) is 29.5. The van der Waals surface area contributed by atoms with Crippen molar-refractivity contribution in [2.24, 2.45) is 9.98 Å². The van der Waals surface area contributed by atoms with Crippen molar-refractivity contribution < 1.29 is 99.3 Å². The summed E-state index contributed by atoms with van der Waals surface area (Å²) >= 11 is 0. The molecule has 0 unspecified atom stereocenters. The van der Waals surface area contributed by atoms with Crippen molar-refractivity contribution in [1.29, 1.82) is 0 Å². The van der Waals surface area contributed by atoms with Crippen LogP contribution in [0.1, 0.15) is 22.8 Å². The van der Waals surface area contributed by atoms with Crippen molar-refractivity contribution in [3.63, 3.8) is 0 Å². The van der Waals surface area contributed by atoms with E-state index in [0.29, 0.717) is 39.3 Å². The molecule has 21 heteroatoms. The molecule has 4 heterocycles. The third-order valence-corrected chi connectivity index (χ3v) is 9.10. The van der Waals surface area contributed by atoms with Gasteiger partial charge in [-0.2, -0.15) is 0 Å². The Morgan fingerprint density at radius 2 is 0.698 bits per heavy atom. The summed E-state index contributed by atoms with van der Waals surface area (Å²) in [4.78, 5) is 68.7. The van der Waals surface area contributed by atoms with Gasteiger partial charge in [0.2, 0.25) is 0 Å². The number of rotatable bonds is 30. The van der Waals surface area contributed by atoms with E-state index >= 15 is 0 Å². The van der Waals surface area contributed by atoms with Crippen LogP contribution in [0.5, 0.6) is 0 Å². The topological polar surface area (TPSA) is 259 Å². The normalized spacial score (nSPS) is 11.8. The maximum Gasteiger partial charge on any atom is 3.00 e. The number of carbonyl (C=O) groups excluding carboxylic acids is 3. The first kappa shape index (κ1) is 54.8. The van der Waals surface area contributed by atoms with Crippen molar-refractivity contribution in [3.05, 3.63) is 120 Å². The summed E-state index contributed by atoms with van der Waals surface area (Å²) in [5, 5.41) is 60.8. The molecule has 0 aromatic carbocycles. The van der Waals surface area contributed by atoms with Crippen molar-refractivity contribution >= 4 is 29.7 Å². The van der Waals surface area contributed by atoms with Gasteiger partial charge in [-0.05, 0) is 60.3 Å². The van der Waals surface area contributed by atoms with E-state index in [1.807, 2.05) is 82.6 Å². The Morgan fingerprint density at radius 1 is 0.413 bits per heavy atom. The zero-order chi connectivity index (χ0) is 43.7. The number of carboxylic acids is 3. The number of nitrogens with zero attached hydrogens (tertiary/aromatic N) is 11. The quantitative estimate of drug-likeness (QED) is 0.0272. The van der Waals surface area contributed by atoms with Crippen molar-refractivity contribution in [1.82, 2.24) is 44.4 Å². The number of pyridine rings is 4. The first-order valence-electron chi connectivity index (χ1n) is 19.7. The smallest absolute Gasteiger partial charge is 0.861 e. The summed E-state index contributed by atoms with van der Waals surface area (Å²) in [7, 11) is 0. The Kier molecular flexibility index (Phi) is 27.4. The Morgan fingerprint density at radius 3 is 0.968 bits per heavy atom. The third kappa shape index (κ3) is 24.4. The number of hydrogen-bond donors (Lipinski definition) is 0. The van der Waals surface area contributed by atoms with E-state index in [0.717, 1.165) is 22.8 Å². The third-order valence-electron chi connectivity index (χ3n) is 9.10. The Bertz CT molecular complexity index is 1750. The average molecular weight is 1060 g/mol. The predicted octanol–water partition coefficient (Wildman–Crippen LogP) is -4.36. The summed E-state index contributed by atoms with van der Waals surface area (Å²) in [5.41, 5.74) is 3.29. The number of carbonyl (C=O) groups is 3. The maximum atomic E-state index is 13.0. The molecule has 19 nitrogen and oxygen atoms in total. The zero-order valence-electron chi connectivity index (χ0n) is 35.0. The van der Waals surface area contributed by atoms with Gasteiger partial charge in [0.15, 0.2) is 0 Å². The molecule has 4 aromatic heterocycles. The molecule has 0 atom stereocenters. The van der Waals surface area contributed by atoms with Gasteiger partial charge < -0.3 is 49.9 Å². The fourth-order valence-electron chi connectivity index (χ4n) is 6.24. The molecule has 0 bridgehead atoms. The van der Waals surface area contributed by atoms with Crippen LogP contribution in [-0.4, -0.2) is 159 Å². The predicted molar refractivity (Wildman–Crippen MR) is 214 cm³/mol. The number of aliphatic imine (C=N–C) groups is 2. The molecule has 63 heavy (non-hydrogen) atoms. The summed E-state index contributed by atoms with van der Waals surface area (Å²) in [6, 6.07) is 22.3. The average Bonchev–Trinajstić information content (AvgIpc) is 3.22. The minimum atomic E-state index is -1.45. The Balaban J connectivity index is 0.00000683. The van der Waals surface area contributed by atoms with Crippen LogP contribution in [-0.2, 0) is 60.0 Å². The van der Waals surface area contributed by atoms with Crippen LogP contribution in [0.3, 0.4) is 0 Å². The molecule has 0 amide bonds. The van der Waals surface area contributed by atoms with Gasteiger partial charge >= 0.3 is 59.4 Å². The van der Waals surface area contributed by atoms with Crippen molar-refractivity contribution in [2.45, 2.75) is 26.2 Å². The van der Waals surface area contributed by atoms with Crippen LogP contribution < -0.4 is 25.5 Å². The summed E-state index contributed by atoms with van der Waals surface area (Å²) < 4.78 is 0. The fourth-order valence-corrected chi connectivity index (χ4v) is 6.24. The van der Waals surface area contributed by atoms with Crippen molar-refractivity contribution in [2.75, 3.05) is 85.1 Å². The van der Waals surface area contributed by atoms with Gasteiger partial charge in [0.25, 0.3) is 0 Å². The molecule has 0 aliphatic carbocycles. The van der Waals surface area contributed by atoms with Gasteiger partial charge in [-0.15, -0.1) is 0 Å². The van der Waals surface area contributed by atoms with E-state index in [-0.39, 0.29) is 112 Å². The van der Waals surface area contributed by atoms with Gasteiger partial charge in [-0.1, -0.05) is 24.3 Å². The van der Waals surface area contributed by atoms with Crippen LogP contribution in [0.4, 0.5) is 0 Å². The second-order valence-electron chi connectivity index (χ2n) is 14.1. The van der Waals surface area contributed by atoms with Gasteiger partial charge in [0.05, 0.1) is 53.8 Å². The fraction of sp³-hybridized carbons (Fsp3) is 0.405. The van der Waals surface area contributed by atoms with E-state index in [4.69, 9.17) is 0 Å².